The van der Waals surface area contributed by atoms with Gasteiger partial charge in [0.25, 0.3) is 0 Å². The number of hydrogen-bond acceptors (Lipinski definition) is 4. The van der Waals surface area contributed by atoms with Gasteiger partial charge < -0.3 is 11.1 Å². The van der Waals surface area contributed by atoms with Gasteiger partial charge in [-0.05, 0) is 36.1 Å². The smallest absolute Gasteiger partial charge is 0.249 e. The quantitative estimate of drug-likeness (QED) is 0.497. The first kappa shape index (κ1) is 19.6. The van der Waals surface area contributed by atoms with Gasteiger partial charge >= 0.3 is 0 Å². The number of nitrogens with one attached hydrogen (secondary N) is 1. The van der Waals surface area contributed by atoms with Gasteiger partial charge in [-0.3, -0.25) is 4.79 Å². The van der Waals surface area contributed by atoms with E-state index < -0.39 is 5.91 Å². The molecule has 0 spiro atoms. The van der Waals surface area contributed by atoms with Crippen molar-refractivity contribution >= 4 is 22.5 Å². The van der Waals surface area contributed by atoms with Crippen molar-refractivity contribution < 1.29 is 4.79 Å². The maximum Gasteiger partial charge on any atom is 0.249 e. The molecule has 0 fully saturated rings. The molecule has 0 saturated carbocycles. The number of anilines is 1. The summed E-state index contributed by atoms with van der Waals surface area (Å²) in [5.41, 5.74) is 11.2. The van der Waals surface area contributed by atoms with E-state index in [1.165, 1.54) is 11.1 Å². The van der Waals surface area contributed by atoms with Crippen LogP contribution in [-0.2, 0) is 6.54 Å². The minimum Gasteiger partial charge on any atom is -0.381 e. The molecule has 0 aliphatic heterocycles. The van der Waals surface area contributed by atoms with E-state index in [1.807, 2.05) is 43.3 Å². The summed E-state index contributed by atoms with van der Waals surface area (Å²) in [5.74, 6) is 0.550. The molecular weight excluding hydrogens is 374 g/mol. The highest BCUT2D eigenvalue weighted by Crippen LogP contribution is 2.30. The first-order valence-electron chi connectivity index (χ1n) is 10.0. The van der Waals surface area contributed by atoms with Crippen LogP contribution in [0.15, 0.2) is 60.8 Å². The fourth-order valence-electron chi connectivity index (χ4n) is 3.89. The summed E-state index contributed by atoms with van der Waals surface area (Å²) in [6.45, 7) is 7.07. The molecule has 30 heavy (non-hydrogen) atoms. The predicted molar refractivity (Wildman–Crippen MR) is 120 cm³/mol. The lowest BCUT2D eigenvalue weighted by Crippen LogP contribution is -2.11. The normalized spacial score (nSPS) is 11.2. The van der Waals surface area contributed by atoms with Gasteiger partial charge in [-0.2, -0.15) is 5.10 Å². The van der Waals surface area contributed by atoms with Crippen molar-refractivity contribution in [2.45, 2.75) is 33.2 Å². The molecule has 2 heterocycles. The van der Waals surface area contributed by atoms with Crippen LogP contribution in [0.1, 0.15) is 46.9 Å². The lowest BCUT2D eigenvalue weighted by molar-refractivity contribution is 0.100. The number of aryl methyl sites for hydroxylation is 1. The summed E-state index contributed by atoms with van der Waals surface area (Å²) < 4.78 is 1.76. The summed E-state index contributed by atoms with van der Waals surface area (Å²) in [6, 6.07) is 17.8. The van der Waals surface area contributed by atoms with E-state index in [0.29, 0.717) is 17.3 Å². The Morgan fingerprint density at radius 1 is 1.13 bits per heavy atom. The van der Waals surface area contributed by atoms with E-state index in [9.17, 15) is 4.79 Å². The van der Waals surface area contributed by atoms with Crippen LogP contribution < -0.4 is 11.1 Å². The Kier molecular flexibility index (Phi) is 5.23. The molecule has 0 saturated heterocycles. The SMILES string of the molecule is Cc1nc(-n2ncc3c(C(N)=O)cccc32)cc(NCc2ccccc2)c1C(C)C. The second kappa shape index (κ2) is 7.99. The molecule has 0 aliphatic rings. The minimum absolute atomic E-state index is 0.320. The van der Waals surface area contributed by atoms with Crippen LogP contribution in [0, 0.1) is 6.92 Å². The van der Waals surface area contributed by atoms with Gasteiger partial charge in [-0.25, -0.2) is 9.67 Å². The van der Waals surface area contributed by atoms with Crippen molar-refractivity contribution in [1.82, 2.24) is 14.8 Å². The number of hydrogen-bond donors (Lipinski definition) is 2. The maximum absolute atomic E-state index is 11.8. The highest BCUT2D eigenvalue weighted by atomic mass is 16.1. The molecule has 0 radical (unpaired) electrons. The number of fused-ring (bicyclic) bond motifs is 1. The Labute approximate surface area is 175 Å². The van der Waals surface area contributed by atoms with Crippen molar-refractivity contribution in [1.29, 1.82) is 0 Å². The number of nitrogens with two attached hydrogens (primary N) is 1. The van der Waals surface area contributed by atoms with Crippen molar-refractivity contribution in [3.63, 3.8) is 0 Å². The molecule has 2 aromatic heterocycles. The molecule has 0 atom stereocenters. The van der Waals surface area contributed by atoms with Crippen LogP contribution in [0.2, 0.25) is 0 Å². The summed E-state index contributed by atoms with van der Waals surface area (Å²) in [5, 5.41) is 8.80. The number of nitrogens with zero attached hydrogens (tertiary/aromatic N) is 3. The molecular formula is C24H25N5O. The van der Waals surface area contributed by atoms with Gasteiger partial charge in [0.2, 0.25) is 5.91 Å². The summed E-state index contributed by atoms with van der Waals surface area (Å²) in [6.07, 6.45) is 1.67. The molecule has 6 nitrogen and oxygen atoms in total. The molecule has 3 N–H and O–H groups in total. The third-order valence-corrected chi connectivity index (χ3v) is 5.23. The van der Waals surface area contributed by atoms with Gasteiger partial charge in [0, 0.05) is 29.4 Å². The van der Waals surface area contributed by atoms with E-state index in [1.54, 1.807) is 16.9 Å². The molecule has 4 aromatic rings. The largest absolute Gasteiger partial charge is 0.381 e. The van der Waals surface area contributed by atoms with Gasteiger partial charge in [0.1, 0.15) is 0 Å². The molecule has 2 aromatic carbocycles. The third-order valence-electron chi connectivity index (χ3n) is 5.23. The second-order valence-electron chi connectivity index (χ2n) is 7.68. The Morgan fingerprint density at radius 2 is 1.90 bits per heavy atom. The van der Waals surface area contributed by atoms with Crippen molar-refractivity contribution in [3.8, 4) is 5.82 Å². The zero-order valence-electron chi connectivity index (χ0n) is 17.4. The standard InChI is InChI=1S/C24H25N5O/c1-15(2)23-16(3)28-22(12-20(23)26-13-17-8-5-4-6-9-17)29-21-11-7-10-18(24(25)30)19(21)14-27-29/h4-12,14-15H,13H2,1-3H3,(H2,25,30)(H,26,28). The fourth-order valence-corrected chi connectivity index (χ4v) is 3.89. The molecule has 4 rings (SSSR count). The fraction of sp³-hybridized carbons (Fsp3) is 0.208. The number of rotatable bonds is 6. The van der Waals surface area contributed by atoms with E-state index in [2.05, 4.69) is 36.4 Å². The summed E-state index contributed by atoms with van der Waals surface area (Å²) in [4.78, 5) is 16.6. The first-order chi connectivity index (χ1) is 14.5. The third kappa shape index (κ3) is 3.64. The highest BCUT2D eigenvalue weighted by molar-refractivity contribution is 6.05. The Morgan fingerprint density at radius 3 is 2.60 bits per heavy atom. The van der Waals surface area contributed by atoms with Crippen molar-refractivity contribution in [3.05, 3.63) is 83.2 Å². The van der Waals surface area contributed by atoms with Crippen LogP contribution in [-0.4, -0.2) is 20.7 Å². The number of primary amides is 1. The number of aromatic nitrogens is 3. The number of pyridine rings is 1. The van der Waals surface area contributed by atoms with E-state index in [4.69, 9.17) is 10.7 Å². The van der Waals surface area contributed by atoms with Crippen LogP contribution in [0.4, 0.5) is 5.69 Å². The van der Waals surface area contributed by atoms with E-state index in [-0.39, 0.29) is 0 Å². The molecule has 1 amide bonds. The Balaban J connectivity index is 1.80. The average molecular weight is 399 g/mol. The highest BCUT2D eigenvalue weighted by Gasteiger charge is 2.17. The Bertz CT molecular complexity index is 1210. The molecule has 0 unspecified atom stereocenters. The van der Waals surface area contributed by atoms with Crippen LogP contribution in [0.3, 0.4) is 0 Å². The zero-order valence-corrected chi connectivity index (χ0v) is 17.4. The number of carbonyl (C=O) groups is 1. The number of amides is 1. The maximum atomic E-state index is 11.8. The van der Waals surface area contributed by atoms with Gasteiger partial charge in [0.05, 0.1) is 17.3 Å². The number of carbonyl (C=O) groups excluding carboxylic acids is 1. The summed E-state index contributed by atoms with van der Waals surface area (Å²) >= 11 is 0. The van der Waals surface area contributed by atoms with Crippen molar-refractivity contribution in [2.24, 2.45) is 5.73 Å². The minimum atomic E-state index is -0.468. The lowest BCUT2D eigenvalue weighted by atomic mass is 9.99. The predicted octanol–water partition coefficient (Wildman–Crippen LogP) is 4.56. The molecule has 0 bridgehead atoms. The first-order valence-corrected chi connectivity index (χ1v) is 10.0. The average Bonchev–Trinajstić information content (AvgIpc) is 3.16. The lowest BCUT2D eigenvalue weighted by Gasteiger charge is -2.19. The summed E-state index contributed by atoms with van der Waals surface area (Å²) in [7, 11) is 0. The van der Waals surface area contributed by atoms with Gasteiger partial charge in [-0.15, -0.1) is 0 Å². The van der Waals surface area contributed by atoms with Crippen LogP contribution in [0.25, 0.3) is 16.7 Å². The molecule has 152 valence electrons. The topological polar surface area (TPSA) is 85.8 Å². The Hall–Kier alpha value is -3.67. The molecule has 6 heteroatoms. The van der Waals surface area contributed by atoms with Gasteiger partial charge in [0.15, 0.2) is 5.82 Å². The van der Waals surface area contributed by atoms with Crippen LogP contribution >= 0.6 is 0 Å². The molecule has 0 aliphatic carbocycles. The van der Waals surface area contributed by atoms with Gasteiger partial charge in [-0.1, -0.05) is 50.2 Å². The second-order valence-corrected chi connectivity index (χ2v) is 7.68. The zero-order chi connectivity index (χ0) is 21.3. The van der Waals surface area contributed by atoms with E-state index >= 15 is 0 Å². The monoisotopic (exact) mass is 399 g/mol. The van der Waals surface area contributed by atoms with Crippen molar-refractivity contribution in [2.75, 3.05) is 5.32 Å². The van der Waals surface area contributed by atoms with E-state index in [0.717, 1.165) is 28.8 Å². The van der Waals surface area contributed by atoms with Crippen LogP contribution in [0.5, 0.6) is 0 Å². The number of benzene rings is 2.